The van der Waals surface area contributed by atoms with Gasteiger partial charge in [0.15, 0.2) is 0 Å². The third-order valence-electron chi connectivity index (χ3n) is 6.04. The van der Waals surface area contributed by atoms with Gasteiger partial charge >= 0.3 is 0 Å². The second-order valence-electron chi connectivity index (χ2n) is 8.09. The van der Waals surface area contributed by atoms with Gasteiger partial charge in [0.25, 0.3) is 0 Å². The molecule has 6 aromatic rings. The first-order valence-electron chi connectivity index (χ1n) is 10.7. The smallest absolute Gasteiger partial charge is 0.136 e. The molecular weight excluding hydrogens is 390 g/mol. The maximum absolute atomic E-state index is 6.27. The van der Waals surface area contributed by atoms with E-state index in [0.717, 1.165) is 49.9 Å². The highest BCUT2D eigenvalue weighted by atomic mass is 16.3. The van der Waals surface area contributed by atoms with E-state index in [1.165, 1.54) is 11.1 Å². The van der Waals surface area contributed by atoms with Crippen LogP contribution < -0.4 is 5.73 Å². The number of furan rings is 1. The Morgan fingerprint density at radius 2 is 0.812 bits per heavy atom. The van der Waals surface area contributed by atoms with Crippen LogP contribution in [0.3, 0.4) is 0 Å². The number of rotatable bonds is 3. The highest BCUT2D eigenvalue weighted by Gasteiger charge is 2.10. The van der Waals surface area contributed by atoms with Crippen molar-refractivity contribution in [2.75, 3.05) is 5.73 Å². The van der Waals surface area contributed by atoms with Crippen LogP contribution >= 0.6 is 0 Å². The third-order valence-corrected chi connectivity index (χ3v) is 6.04. The molecule has 152 valence electrons. The van der Waals surface area contributed by atoms with E-state index in [1.54, 1.807) is 0 Å². The van der Waals surface area contributed by atoms with Crippen LogP contribution in [0.15, 0.2) is 120 Å². The van der Waals surface area contributed by atoms with Crippen LogP contribution in [0.2, 0.25) is 0 Å². The van der Waals surface area contributed by atoms with Crippen molar-refractivity contribution in [2.24, 2.45) is 0 Å². The maximum atomic E-state index is 6.27. The van der Waals surface area contributed by atoms with Crippen molar-refractivity contribution in [3.63, 3.8) is 0 Å². The van der Waals surface area contributed by atoms with Crippen molar-refractivity contribution >= 4 is 27.6 Å². The quantitative estimate of drug-likeness (QED) is 0.298. The van der Waals surface area contributed by atoms with Crippen LogP contribution in [-0.4, -0.2) is 0 Å². The van der Waals surface area contributed by atoms with Gasteiger partial charge in [0.1, 0.15) is 11.2 Å². The summed E-state index contributed by atoms with van der Waals surface area (Å²) in [5, 5.41) is 2.28. The molecule has 0 saturated heterocycles. The molecular formula is C30H21NO. The van der Waals surface area contributed by atoms with E-state index >= 15 is 0 Å². The van der Waals surface area contributed by atoms with Gasteiger partial charge in [0.05, 0.1) is 0 Å². The van der Waals surface area contributed by atoms with Crippen LogP contribution in [0.4, 0.5) is 5.69 Å². The molecule has 0 aliphatic rings. The molecule has 2 N–H and O–H groups in total. The minimum Gasteiger partial charge on any atom is -0.456 e. The largest absolute Gasteiger partial charge is 0.456 e. The van der Waals surface area contributed by atoms with Crippen molar-refractivity contribution in [1.29, 1.82) is 0 Å². The van der Waals surface area contributed by atoms with Crippen LogP contribution in [0.5, 0.6) is 0 Å². The molecule has 0 saturated carbocycles. The predicted molar refractivity (Wildman–Crippen MR) is 134 cm³/mol. The molecule has 0 bridgehead atoms. The first-order chi connectivity index (χ1) is 15.7. The molecule has 0 aliphatic carbocycles. The lowest BCUT2D eigenvalue weighted by Crippen LogP contribution is -1.84. The Bertz CT molecular complexity index is 1540. The van der Waals surface area contributed by atoms with Crippen molar-refractivity contribution in [3.05, 3.63) is 115 Å². The van der Waals surface area contributed by atoms with Gasteiger partial charge < -0.3 is 10.2 Å². The number of benzene rings is 5. The molecule has 1 heterocycles. The molecule has 0 spiro atoms. The molecule has 0 radical (unpaired) electrons. The number of nitrogens with two attached hydrogens (primary N) is 1. The van der Waals surface area contributed by atoms with Crippen LogP contribution in [-0.2, 0) is 0 Å². The van der Waals surface area contributed by atoms with Crippen molar-refractivity contribution < 1.29 is 4.42 Å². The summed E-state index contributed by atoms with van der Waals surface area (Å²) in [6, 6.07) is 39.9. The molecule has 0 fully saturated rings. The number of nitrogen functional groups attached to an aromatic ring is 1. The maximum Gasteiger partial charge on any atom is 0.136 e. The van der Waals surface area contributed by atoms with Crippen molar-refractivity contribution in [3.8, 4) is 33.4 Å². The van der Waals surface area contributed by atoms with Gasteiger partial charge in [0.2, 0.25) is 0 Å². The summed E-state index contributed by atoms with van der Waals surface area (Å²) < 4.78 is 6.27. The number of anilines is 1. The Kier molecular flexibility index (Phi) is 4.29. The molecule has 0 atom stereocenters. The Labute approximate surface area is 186 Å². The zero-order valence-corrected chi connectivity index (χ0v) is 17.5. The van der Waals surface area contributed by atoms with E-state index in [1.807, 2.05) is 18.2 Å². The summed E-state index contributed by atoms with van der Waals surface area (Å²) in [6.45, 7) is 0. The summed E-state index contributed by atoms with van der Waals surface area (Å²) in [5.74, 6) is 0. The normalized spacial score (nSPS) is 11.2. The van der Waals surface area contributed by atoms with Gasteiger partial charge in [-0.15, -0.1) is 0 Å². The van der Waals surface area contributed by atoms with Crippen LogP contribution in [0.1, 0.15) is 0 Å². The summed E-state index contributed by atoms with van der Waals surface area (Å²) >= 11 is 0. The first-order valence-corrected chi connectivity index (χ1v) is 10.7. The summed E-state index contributed by atoms with van der Waals surface area (Å²) in [6.07, 6.45) is 0. The van der Waals surface area contributed by atoms with E-state index < -0.39 is 0 Å². The Balaban J connectivity index is 1.37. The Morgan fingerprint density at radius 1 is 0.406 bits per heavy atom. The monoisotopic (exact) mass is 411 g/mol. The van der Waals surface area contributed by atoms with Gasteiger partial charge in [0, 0.05) is 16.5 Å². The Morgan fingerprint density at radius 3 is 1.34 bits per heavy atom. The fraction of sp³-hybridized carbons (Fsp3) is 0. The second kappa shape index (κ2) is 7.44. The Hall–Kier alpha value is -4.30. The minimum atomic E-state index is 0.778. The summed E-state index contributed by atoms with van der Waals surface area (Å²) in [7, 11) is 0. The molecule has 0 aliphatic heterocycles. The van der Waals surface area contributed by atoms with Gasteiger partial charge in [-0.25, -0.2) is 0 Å². The molecule has 5 aromatic carbocycles. The standard InChI is InChI=1S/C30H21NO/c31-26-14-10-22(11-15-26)21-6-8-23(9-7-21)25-13-17-28-27-16-12-24(20-4-2-1-3-5-20)18-29(27)32-30(28)19-25/h1-19H,31H2. The lowest BCUT2D eigenvalue weighted by molar-refractivity contribution is 0.669. The average Bonchev–Trinajstić information content (AvgIpc) is 3.22. The highest BCUT2D eigenvalue weighted by molar-refractivity contribution is 6.06. The lowest BCUT2D eigenvalue weighted by Gasteiger charge is -2.05. The topological polar surface area (TPSA) is 39.2 Å². The van der Waals surface area contributed by atoms with Crippen LogP contribution in [0, 0.1) is 0 Å². The summed E-state index contributed by atoms with van der Waals surface area (Å²) in [5.41, 5.74) is 15.4. The van der Waals surface area contributed by atoms with E-state index in [-0.39, 0.29) is 0 Å². The van der Waals surface area contributed by atoms with E-state index in [0.29, 0.717) is 0 Å². The molecule has 2 nitrogen and oxygen atoms in total. The SMILES string of the molecule is Nc1ccc(-c2ccc(-c3ccc4c(c3)oc3cc(-c5ccccc5)ccc34)cc2)cc1. The second-order valence-corrected chi connectivity index (χ2v) is 8.09. The van der Waals surface area contributed by atoms with Crippen molar-refractivity contribution in [2.45, 2.75) is 0 Å². The van der Waals surface area contributed by atoms with Gasteiger partial charge in [-0.2, -0.15) is 0 Å². The van der Waals surface area contributed by atoms with Gasteiger partial charge in [-0.1, -0.05) is 78.9 Å². The molecule has 1 aromatic heterocycles. The fourth-order valence-electron chi connectivity index (χ4n) is 4.30. The van der Waals surface area contributed by atoms with Gasteiger partial charge in [-0.05, 0) is 69.8 Å². The number of fused-ring (bicyclic) bond motifs is 3. The minimum absolute atomic E-state index is 0.778. The lowest BCUT2D eigenvalue weighted by atomic mass is 9.99. The number of hydrogen-bond acceptors (Lipinski definition) is 2. The zero-order valence-electron chi connectivity index (χ0n) is 17.5. The molecule has 0 unspecified atom stereocenters. The highest BCUT2D eigenvalue weighted by Crippen LogP contribution is 2.35. The van der Waals surface area contributed by atoms with Crippen LogP contribution in [0.25, 0.3) is 55.3 Å². The average molecular weight is 412 g/mol. The summed E-state index contributed by atoms with van der Waals surface area (Å²) in [4.78, 5) is 0. The number of hydrogen-bond donors (Lipinski definition) is 1. The molecule has 32 heavy (non-hydrogen) atoms. The fourth-order valence-corrected chi connectivity index (χ4v) is 4.30. The van der Waals surface area contributed by atoms with Crippen molar-refractivity contribution in [1.82, 2.24) is 0 Å². The van der Waals surface area contributed by atoms with E-state index in [9.17, 15) is 0 Å². The molecule has 0 amide bonds. The first kappa shape index (κ1) is 18.5. The zero-order chi connectivity index (χ0) is 21.5. The van der Waals surface area contributed by atoms with E-state index in [4.69, 9.17) is 10.2 Å². The molecule has 2 heteroatoms. The molecule has 6 rings (SSSR count). The predicted octanol–water partition coefficient (Wildman–Crippen LogP) is 8.17. The third kappa shape index (κ3) is 3.23. The van der Waals surface area contributed by atoms with E-state index in [2.05, 4.69) is 97.1 Å². The van der Waals surface area contributed by atoms with Gasteiger partial charge in [-0.3, -0.25) is 0 Å².